The van der Waals surface area contributed by atoms with Gasteiger partial charge in [-0.15, -0.1) is 0 Å². The maximum absolute atomic E-state index is 13.5. The van der Waals surface area contributed by atoms with Crippen LogP contribution in [0.25, 0.3) is 5.69 Å². The Bertz CT molecular complexity index is 1320. The minimum atomic E-state index is -0.654. The first-order chi connectivity index (χ1) is 16.8. The van der Waals surface area contributed by atoms with Crippen molar-refractivity contribution in [2.75, 3.05) is 7.05 Å². The predicted octanol–water partition coefficient (Wildman–Crippen LogP) is 4.28. The van der Waals surface area contributed by atoms with E-state index in [1.165, 1.54) is 4.68 Å². The fourth-order valence-electron chi connectivity index (χ4n) is 4.75. The number of aromatic nitrogens is 3. The van der Waals surface area contributed by atoms with Gasteiger partial charge in [-0.2, -0.15) is 9.78 Å². The molecule has 1 aliphatic rings. The smallest absolute Gasteiger partial charge is 0.337 e. The van der Waals surface area contributed by atoms with Gasteiger partial charge in [-0.25, -0.2) is 4.79 Å². The van der Waals surface area contributed by atoms with Gasteiger partial charge in [0.15, 0.2) is 0 Å². The number of hydrogen-bond donors (Lipinski definition) is 0. The first-order valence-corrected chi connectivity index (χ1v) is 12.4. The van der Waals surface area contributed by atoms with Crippen LogP contribution in [0.15, 0.2) is 58.1 Å². The molecular formula is C28H34N4O3. The highest BCUT2D eigenvalue weighted by molar-refractivity contribution is 5.91. The van der Waals surface area contributed by atoms with Gasteiger partial charge in [-0.3, -0.25) is 14.2 Å². The highest BCUT2D eigenvalue weighted by Crippen LogP contribution is 2.22. The van der Waals surface area contributed by atoms with Crippen LogP contribution in [0.4, 0.5) is 0 Å². The second kappa shape index (κ2) is 10.4. The van der Waals surface area contributed by atoms with Crippen LogP contribution < -0.4 is 11.2 Å². The summed E-state index contributed by atoms with van der Waals surface area (Å²) in [6.07, 6.45) is 5.12. The number of aryl methyl sites for hydroxylation is 1. The Morgan fingerprint density at radius 1 is 1.06 bits per heavy atom. The monoisotopic (exact) mass is 474 g/mol. The highest BCUT2D eigenvalue weighted by atomic mass is 16.2. The Labute approximate surface area is 206 Å². The first-order valence-electron chi connectivity index (χ1n) is 12.4. The molecule has 0 spiro atoms. The van der Waals surface area contributed by atoms with Gasteiger partial charge in [-0.1, -0.05) is 75.1 Å². The number of carbonyl (C=O) groups excluding carboxylic acids is 1. The fraction of sp³-hybridized carbons (Fsp3) is 0.429. The molecule has 3 aromatic rings. The van der Waals surface area contributed by atoms with Crippen LogP contribution in [0.5, 0.6) is 0 Å². The maximum Gasteiger partial charge on any atom is 0.352 e. The third-order valence-corrected chi connectivity index (χ3v) is 6.93. The van der Waals surface area contributed by atoms with Crippen LogP contribution in [0, 0.1) is 6.92 Å². The van der Waals surface area contributed by atoms with Crippen molar-refractivity contribution in [3.05, 3.63) is 91.8 Å². The molecule has 4 rings (SSSR count). The molecule has 7 nitrogen and oxygen atoms in total. The zero-order valence-corrected chi connectivity index (χ0v) is 21.0. The first kappa shape index (κ1) is 24.6. The summed E-state index contributed by atoms with van der Waals surface area (Å²) < 4.78 is 2.31. The standard InChI is InChI=1S/C28H34N4O3/c1-19(2)22-13-15-24(16-14-22)32-28(35)31(18-21-10-8-9-20(3)17-21)27(34)25(29-32)26(33)30(4)23-11-6-5-7-12-23/h8-10,13-17,19,23H,5-7,11-12,18H2,1-4H3. The lowest BCUT2D eigenvalue weighted by molar-refractivity contribution is 0.0684. The van der Waals surface area contributed by atoms with Crippen molar-refractivity contribution < 1.29 is 4.79 Å². The molecule has 0 N–H and O–H groups in total. The minimum absolute atomic E-state index is 0.0688. The number of rotatable bonds is 6. The van der Waals surface area contributed by atoms with Gasteiger partial charge in [-0.05, 0) is 48.9 Å². The Kier molecular flexibility index (Phi) is 7.34. The molecule has 0 radical (unpaired) electrons. The number of nitrogens with zero attached hydrogens (tertiary/aromatic N) is 4. The van der Waals surface area contributed by atoms with Gasteiger partial charge in [0.1, 0.15) is 0 Å². The Morgan fingerprint density at radius 3 is 2.37 bits per heavy atom. The second-order valence-electron chi connectivity index (χ2n) is 9.88. The van der Waals surface area contributed by atoms with E-state index in [1.54, 1.807) is 11.9 Å². The van der Waals surface area contributed by atoms with E-state index in [4.69, 9.17) is 0 Å². The lowest BCUT2D eigenvalue weighted by atomic mass is 9.94. The zero-order valence-electron chi connectivity index (χ0n) is 21.0. The quantitative estimate of drug-likeness (QED) is 0.534. The summed E-state index contributed by atoms with van der Waals surface area (Å²) in [6.45, 7) is 6.22. The topological polar surface area (TPSA) is 77.2 Å². The summed E-state index contributed by atoms with van der Waals surface area (Å²) in [6, 6.07) is 15.2. The van der Waals surface area contributed by atoms with Gasteiger partial charge < -0.3 is 4.90 Å². The number of carbonyl (C=O) groups is 1. The van der Waals surface area contributed by atoms with Crippen LogP contribution in [0.2, 0.25) is 0 Å². The number of amides is 1. The SMILES string of the molecule is Cc1cccc(Cn2c(=O)c(C(=O)N(C)C3CCCCC3)nn(-c3ccc(C(C)C)cc3)c2=O)c1. The molecule has 7 heteroatoms. The highest BCUT2D eigenvalue weighted by Gasteiger charge is 2.28. The van der Waals surface area contributed by atoms with Crippen LogP contribution in [0.1, 0.15) is 79.0 Å². The van der Waals surface area contributed by atoms with Crippen molar-refractivity contribution in [2.45, 2.75) is 71.4 Å². The molecule has 0 unspecified atom stereocenters. The van der Waals surface area contributed by atoms with E-state index in [9.17, 15) is 14.4 Å². The number of hydrogen-bond acceptors (Lipinski definition) is 4. The summed E-state index contributed by atoms with van der Waals surface area (Å²) >= 11 is 0. The largest absolute Gasteiger partial charge is 0.352 e. The average molecular weight is 475 g/mol. The maximum atomic E-state index is 13.5. The Balaban J connectivity index is 1.83. The Morgan fingerprint density at radius 2 is 1.74 bits per heavy atom. The van der Waals surface area contributed by atoms with E-state index in [2.05, 4.69) is 18.9 Å². The average Bonchev–Trinajstić information content (AvgIpc) is 2.86. The molecule has 0 bridgehead atoms. The van der Waals surface area contributed by atoms with Gasteiger partial charge >= 0.3 is 5.69 Å². The zero-order chi connectivity index (χ0) is 25.1. The summed E-state index contributed by atoms with van der Waals surface area (Å²) in [5, 5.41) is 4.33. The van der Waals surface area contributed by atoms with Crippen molar-refractivity contribution in [3.8, 4) is 5.69 Å². The van der Waals surface area contributed by atoms with Gasteiger partial charge in [0.05, 0.1) is 12.2 Å². The summed E-state index contributed by atoms with van der Waals surface area (Å²) in [7, 11) is 1.73. The molecule has 184 valence electrons. The van der Waals surface area contributed by atoms with Gasteiger partial charge in [0.25, 0.3) is 11.5 Å². The fourth-order valence-corrected chi connectivity index (χ4v) is 4.75. The van der Waals surface area contributed by atoms with E-state index in [0.717, 1.165) is 53.4 Å². The lowest BCUT2D eigenvalue weighted by Gasteiger charge is -2.30. The predicted molar refractivity (Wildman–Crippen MR) is 137 cm³/mol. The molecule has 1 saturated carbocycles. The van der Waals surface area contributed by atoms with E-state index >= 15 is 0 Å². The van der Waals surface area contributed by atoms with Crippen molar-refractivity contribution in [2.24, 2.45) is 0 Å². The van der Waals surface area contributed by atoms with Gasteiger partial charge in [0, 0.05) is 13.1 Å². The normalized spacial score (nSPS) is 14.3. The molecule has 2 aromatic carbocycles. The van der Waals surface area contributed by atoms with Crippen molar-refractivity contribution in [3.63, 3.8) is 0 Å². The van der Waals surface area contributed by atoms with Crippen molar-refractivity contribution in [1.82, 2.24) is 19.2 Å². The molecular weight excluding hydrogens is 440 g/mol. The van der Waals surface area contributed by atoms with E-state index in [1.807, 2.05) is 55.5 Å². The van der Waals surface area contributed by atoms with Crippen molar-refractivity contribution >= 4 is 5.91 Å². The molecule has 0 saturated heterocycles. The molecule has 1 aromatic heterocycles. The molecule has 1 fully saturated rings. The number of benzene rings is 2. The molecule has 1 amide bonds. The van der Waals surface area contributed by atoms with E-state index in [-0.39, 0.29) is 18.3 Å². The van der Waals surface area contributed by atoms with Crippen LogP contribution in [-0.2, 0) is 6.54 Å². The van der Waals surface area contributed by atoms with Crippen LogP contribution in [-0.4, -0.2) is 38.2 Å². The molecule has 35 heavy (non-hydrogen) atoms. The van der Waals surface area contributed by atoms with Crippen LogP contribution in [0.3, 0.4) is 0 Å². The third-order valence-electron chi connectivity index (χ3n) is 6.93. The Hall–Kier alpha value is -3.48. The third kappa shape index (κ3) is 5.29. The lowest BCUT2D eigenvalue weighted by Crippen LogP contribution is -2.48. The summed E-state index contributed by atoms with van der Waals surface area (Å²) in [5.41, 5.74) is 2.05. The molecule has 0 aliphatic heterocycles. The summed E-state index contributed by atoms with van der Waals surface area (Å²) in [4.78, 5) is 42.1. The molecule has 0 atom stereocenters. The molecule has 1 aliphatic carbocycles. The van der Waals surface area contributed by atoms with E-state index in [0.29, 0.717) is 11.6 Å². The van der Waals surface area contributed by atoms with Crippen molar-refractivity contribution in [1.29, 1.82) is 0 Å². The van der Waals surface area contributed by atoms with E-state index < -0.39 is 17.2 Å². The summed E-state index contributed by atoms with van der Waals surface area (Å²) in [5.74, 6) is -0.0993. The second-order valence-corrected chi connectivity index (χ2v) is 9.88. The van der Waals surface area contributed by atoms with Gasteiger partial charge in [0.2, 0.25) is 5.69 Å². The molecule has 1 heterocycles. The minimum Gasteiger partial charge on any atom is -0.337 e. The van der Waals surface area contributed by atoms with Crippen LogP contribution >= 0.6 is 0 Å².